The SMILES string of the molecule is CC(C)(C)[C@H](O)[C@H](N)c1cc(Cl)cc(Cl)c1O.Cl. The average Bonchev–Trinajstić information content (AvgIpc) is 2.20. The summed E-state index contributed by atoms with van der Waals surface area (Å²) in [5.41, 5.74) is 5.89. The fraction of sp³-hybridized carbons (Fsp3) is 0.500. The van der Waals surface area contributed by atoms with Crippen LogP contribution in [0, 0.1) is 5.41 Å². The van der Waals surface area contributed by atoms with Crippen LogP contribution >= 0.6 is 35.6 Å². The summed E-state index contributed by atoms with van der Waals surface area (Å²) in [5, 5.41) is 20.4. The Balaban J connectivity index is 0.00000289. The highest BCUT2D eigenvalue weighted by Crippen LogP contribution is 2.38. The van der Waals surface area contributed by atoms with Crippen molar-refractivity contribution in [1.82, 2.24) is 0 Å². The summed E-state index contributed by atoms with van der Waals surface area (Å²) in [6, 6.07) is 2.20. The van der Waals surface area contributed by atoms with E-state index >= 15 is 0 Å². The first-order valence-corrected chi connectivity index (χ1v) is 6.01. The summed E-state index contributed by atoms with van der Waals surface area (Å²) in [7, 11) is 0. The monoisotopic (exact) mass is 313 g/mol. The molecule has 0 aliphatic heterocycles. The summed E-state index contributed by atoms with van der Waals surface area (Å²) in [5.74, 6) is -0.133. The van der Waals surface area contributed by atoms with E-state index in [0.717, 1.165) is 0 Å². The fourth-order valence-corrected chi connectivity index (χ4v) is 2.06. The minimum Gasteiger partial charge on any atom is -0.506 e. The van der Waals surface area contributed by atoms with E-state index in [1.165, 1.54) is 12.1 Å². The van der Waals surface area contributed by atoms with E-state index in [1.54, 1.807) is 0 Å². The Kier molecular flexibility index (Phi) is 6.24. The minimum atomic E-state index is -0.817. The van der Waals surface area contributed by atoms with Gasteiger partial charge in [0.05, 0.1) is 17.2 Å². The van der Waals surface area contributed by atoms with E-state index in [1.807, 2.05) is 20.8 Å². The van der Waals surface area contributed by atoms with Crippen molar-refractivity contribution < 1.29 is 10.2 Å². The molecular formula is C12H18Cl3NO2. The first-order valence-electron chi connectivity index (χ1n) is 5.26. The number of nitrogens with two attached hydrogens (primary N) is 1. The number of rotatable bonds is 2. The van der Waals surface area contributed by atoms with Crippen molar-refractivity contribution in [3.63, 3.8) is 0 Å². The molecule has 1 aromatic rings. The van der Waals surface area contributed by atoms with Crippen LogP contribution in [0.25, 0.3) is 0 Å². The molecule has 0 spiro atoms. The molecule has 0 radical (unpaired) electrons. The molecule has 0 heterocycles. The lowest BCUT2D eigenvalue weighted by molar-refractivity contribution is 0.0395. The molecule has 0 saturated heterocycles. The molecule has 2 atom stereocenters. The van der Waals surface area contributed by atoms with Gasteiger partial charge >= 0.3 is 0 Å². The van der Waals surface area contributed by atoms with Gasteiger partial charge in [-0.3, -0.25) is 0 Å². The van der Waals surface area contributed by atoms with Crippen molar-refractivity contribution in [2.24, 2.45) is 11.1 Å². The Morgan fingerprint density at radius 1 is 1.22 bits per heavy atom. The highest BCUT2D eigenvalue weighted by atomic mass is 35.5. The molecule has 0 fully saturated rings. The third-order valence-corrected chi connectivity index (χ3v) is 3.15. The minimum absolute atomic E-state index is 0. The number of halogens is 3. The lowest BCUT2D eigenvalue weighted by atomic mass is 9.82. The average molecular weight is 315 g/mol. The molecule has 6 heteroatoms. The van der Waals surface area contributed by atoms with Gasteiger partial charge in [0.2, 0.25) is 0 Å². The molecule has 4 N–H and O–H groups in total. The van der Waals surface area contributed by atoms with Gasteiger partial charge in [-0.05, 0) is 17.5 Å². The summed E-state index contributed by atoms with van der Waals surface area (Å²) < 4.78 is 0. The number of phenolic OH excluding ortho intramolecular Hbond substituents is 1. The van der Waals surface area contributed by atoms with E-state index < -0.39 is 17.6 Å². The predicted molar refractivity (Wildman–Crippen MR) is 77.8 cm³/mol. The highest BCUT2D eigenvalue weighted by molar-refractivity contribution is 6.35. The van der Waals surface area contributed by atoms with Gasteiger partial charge in [-0.2, -0.15) is 0 Å². The zero-order chi connectivity index (χ0) is 13.4. The van der Waals surface area contributed by atoms with Crippen molar-refractivity contribution >= 4 is 35.6 Å². The summed E-state index contributed by atoms with van der Waals surface area (Å²) in [4.78, 5) is 0. The molecule has 104 valence electrons. The lowest BCUT2D eigenvalue weighted by Crippen LogP contribution is -2.37. The number of aromatic hydroxyl groups is 1. The second-order valence-corrected chi connectivity index (χ2v) is 6.01. The Bertz CT molecular complexity index is 419. The number of phenols is 1. The predicted octanol–water partition coefficient (Wildman–Crippen LogP) is 3.53. The van der Waals surface area contributed by atoms with Gasteiger partial charge in [-0.1, -0.05) is 44.0 Å². The van der Waals surface area contributed by atoms with Gasteiger partial charge in [0, 0.05) is 10.6 Å². The quantitative estimate of drug-likeness (QED) is 0.782. The third kappa shape index (κ3) is 3.90. The Morgan fingerprint density at radius 3 is 2.17 bits per heavy atom. The van der Waals surface area contributed by atoms with E-state index in [9.17, 15) is 10.2 Å². The second kappa shape index (κ2) is 6.31. The maximum absolute atomic E-state index is 10.1. The van der Waals surface area contributed by atoms with Crippen molar-refractivity contribution in [3.8, 4) is 5.75 Å². The molecule has 3 nitrogen and oxygen atoms in total. The van der Waals surface area contributed by atoms with Crippen molar-refractivity contribution in [1.29, 1.82) is 0 Å². The maximum Gasteiger partial charge on any atom is 0.139 e. The Hall–Kier alpha value is -0.190. The Morgan fingerprint density at radius 2 is 1.72 bits per heavy atom. The molecule has 1 rings (SSSR count). The van der Waals surface area contributed by atoms with E-state index in [0.29, 0.717) is 10.6 Å². The van der Waals surface area contributed by atoms with Gasteiger partial charge in [-0.25, -0.2) is 0 Å². The van der Waals surface area contributed by atoms with Gasteiger partial charge in [0.25, 0.3) is 0 Å². The van der Waals surface area contributed by atoms with Crippen LogP contribution in [-0.2, 0) is 0 Å². The fourth-order valence-electron chi connectivity index (χ4n) is 1.55. The van der Waals surface area contributed by atoms with E-state index in [-0.39, 0.29) is 23.2 Å². The van der Waals surface area contributed by atoms with E-state index in [4.69, 9.17) is 28.9 Å². The molecule has 0 unspecified atom stereocenters. The highest BCUT2D eigenvalue weighted by Gasteiger charge is 2.31. The summed E-state index contributed by atoms with van der Waals surface area (Å²) in [6.07, 6.45) is -0.817. The molecule has 0 bridgehead atoms. The molecule has 0 aromatic heterocycles. The largest absolute Gasteiger partial charge is 0.506 e. The van der Waals surface area contributed by atoms with Gasteiger partial charge < -0.3 is 15.9 Å². The molecule has 1 aromatic carbocycles. The lowest BCUT2D eigenvalue weighted by Gasteiger charge is -2.31. The van der Waals surface area contributed by atoms with Crippen LogP contribution < -0.4 is 5.73 Å². The molecular weight excluding hydrogens is 296 g/mol. The topological polar surface area (TPSA) is 66.5 Å². The van der Waals surface area contributed by atoms with Crippen LogP contribution in [0.15, 0.2) is 12.1 Å². The normalized spacial score (nSPS) is 14.8. The standard InChI is InChI=1S/C12H17Cl2NO2.ClH/c1-12(2,3)11(17)9(15)7-4-6(13)5-8(14)10(7)16;/h4-5,9,11,16-17H,15H2,1-3H3;1H/t9-,11-;/m1./s1. The smallest absolute Gasteiger partial charge is 0.139 e. The maximum atomic E-state index is 10.1. The number of hydrogen-bond donors (Lipinski definition) is 3. The van der Waals surface area contributed by atoms with Crippen LogP contribution in [0.3, 0.4) is 0 Å². The van der Waals surface area contributed by atoms with Crippen LogP contribution in [-0.4, -0.2) is 16.3 Å². The first-order chi connectivity index (χ1) is 7.64. The third-order valence-electron chi connectivity index (χ3n) is 2.64. The Labute approximate surface area is 123 Å². The van der Waals surface area contributed by atoms with Crippen LogP contribution in [0.2, 0.25) is 10.0 Å². The van der Waals surface area contributed by atoms with Gasteiger partial charge in [0.1, 0.15) is 5.75 Å². The first kappa shape index (κ1) is 17.8. The number of aliphatic hydroxyl groups excluding tert-OH is 1. The number of benzene rings is 1. The van der Waals surface area contributed by atoms with Crippen LogP contribution in [0.4, 0.5) is 0 Å². The zero-order valence-corrected chi connectivity index (χ0v) is 12.8. The second-order valence-electron chi connectivity index (χ2n) is 5.16. The molecule has 0 saturated carbocycles. The van der Waals surface area contributed by atoms with E-state index in [2.05, 4.69) is 0 Å². The molecule has 0 aliphatic carbocycles. The molecule has 0 aliphatic rings. The van der Waals surface area contributed by atoms with Crippen LogP contribution in [0.5, 0.6) is 5.75 Å². The zero-order valence-electron chi connectivity index (χ0n) is 10.4. The van der Waals surface area contributed by atoms with Crippen molar-refractivity contribution in [2.45, 2.75) is 32.9 Å². The molecule has 0 amide bonds. The number of hydrogen-bond acceptors (Lipinski definition) is 3. The summed E-state index contributed by atoms with van der Waals surface area (Å²) >= 11 is 11.7. The van der Waals surface area contributed by atoms with Crippen molar-refractivity contribution in [3.05, 3.63) is 27.7 Å². The van der Waals surface area contributed by atoms with Gasteiger partial charge in [-0.15, -0.1) is 12.4 Å². The molecule has 18 heavy (non-hydrogen) atoms. The van der Waals surface area contributed by atoms with Crippen molar-refractivity contribution in [2.75, 3.05) is 0 Å². The summed E-state index contributed by atoms with van der Waals surface area (Å²) in [6.45, 7) is 5.59. The number of aliphatic hydroxyl groups is 1. The van der Waals surface area contributed by atoms with Gasteiger partial charge in [0.15, 0.2) is 0 Å². The van der Waals surface area contributed by atoms with Crippen LogP contribution in [0.1, 0.15) is 32.4 Å².